The van der Waals surface area contributed by atoms with E-state index in [0.29, 0.717) is 10.7 Å². The Morgan fingerprint density at radius 1 is 1.47 bits per heavy atom. The molecule has 1 amide bonds. The van der Waals surface area contributed by atoms with Crippen molar-refractivity contribution in [3.63, 3.8) is 0 Å². The molecular weight excluding hydrogens is 305 g/mol. The molecule has 0 spiro atoms. The van der Waals surface area contributed by atoms with E-state index in [-0.39, 0.29) is 18.1 Å². The third-order valence-corrected chi connectivity index (χ3v) is 2.77. The minimum atomic E-state index is -0.330. The largest absolute Gasteiger partial charge is 0.366 e. The number of amides is 1. The van der Waals surface area contributed by atoms with Gasteiger partial charge in [-0.2, -0.15) is 0 Å². The standard InChI is InChI=1S/C12H15BrClNO2/c1-12(2,3)17-7-11(16)15-10-6-8(14)4-5-9(10)13/h4-6H,7H2,1-3H3,(H,15,16). The Morgan fingerprint density at radius 2 is 2.12 bits per heavy atom. The van der Waals surface area contributed by atoms with Gasteiger partial charge >= 0.3 is 0 Å². The maximum atomic E-state index is 11.6. The van der Waals surface area contributed by atoms with Crippen LogP contribution in [0.1, 0.15) is 20.8 Å². The van der Waals surface area contributed by atoms with Gasteiger partial charge in [-0.1, -0.05) is 11.6 Å². The van der Waals surface area contributed by atoms with E-state index < -0.39 is 0 Å². The molecule has 1 aromatic carbocycles. The molecule has 0 aromatic heterocycles. The highest BCUT2D eigenvalue weighted by molar-refractivity contribution is 9.10. The van der Waals surface area contributed by atoms with E-state index >= 15 is 0 Å². The Kier molecular flexibility index (Phi) is 4.98. The van der Waals surface area contributed by atoms with E-state index in [1.54, 1.807) is 18.2 Å². The highest BCUT2D eigenvalue weighted by Crippen LogP contribution is 2.25. The zero-order valence-corrected chi connectivity index (χ0v) is 12.4. The highest BCUT2D eigenvalue weighted by Gasteiger charge is 2.13. The lowest BCUT2D eigenvalue weighted by atomic mass is 10.2. The van der Waals surface area contributed by atoms with Gasteiger partial charge in [-0.3, -0.25) is 4.79 Å². The van der Waals surface area contributed by atoms with Crippen LogP contribution in [0, 0.1) is 0 Å². The highest BCUT2D eigenvalue weighted by atomic mass is 79.9. The van der Waals surface area contributed by atoms with Gasteiger partial charge in [0.25, 0.3) is 0 Å². The fraction of sp³-hybridized carbons (Fsp3) is 0.417. The predicted molar refractivity (Wildman–Crippen MR) is 73.5 cm³/mol. The van der Waals surface area contributed by atoms with Crippen molar-refractivity contribution in [3.05, 3.63) is 27.7 Å². The molecule has 1 aromatic rings. The van der Waals surface area contributed by atoms with Gasteiger partial charge < -0.3 is 10.1 Å². The Labute approximate surface area is 115 Å². The molecular formula is C12H15BrClNO2. The maximum absolute atomic E-state index is 11.6. The fourth-order valence-corrected chi connectivity index (χ4v) is 1.58. The second-order valence-electron chi connectivity index (χ2n) is 4.57. The molecule has 1 rings (SSSR count). The van der Waals surface area contributed by atoms with Crippen LogP contribution in [-0.4, -0.2) is 18.1 Å². The molecule has 0 saturated heterocycles. The minimum absolute atomic E-state index is 0.0163. The summed E-state index contributed by atoms with van der Waals surface area (Å²) in [5.41, 5.74) is 0.308. The lowest BCUT2D eigenvalue weighted by molar-refractivity contribution is -0.125. The summed E-state index contributed by atoms with van der Waals surface area (Å²) in [6.45, 7) is 5.71. The number of hydrogen-bond acceptors (Lipinski definition) is 2. The molecule has 0 aliphatic rings. The Balaban J connectivity index is 2.59. The fourth-order valence-electron chi connectivity index (χ4n) is 1.06. The van der Waals surface area contributed by atoms with E-state index in [0.717, 1.165) is 4.47 Å². The quantitative estimate of drug-likeness (QED) is 0.918. The predicted octanol–water partition coefficient (Wildman–Crippen LogP) is 3.86. The molecule has 3 nitrogen and oxygen atoms in total. The van der Waals surface area contributed by atoms with Gasteiger partial charge in [0.05, 0.1) is 11.3 Å². The number of rotatable bonds is 3. The molecule has 0 bridgehead atoms. The van der Waals surface area contributed by atoms with Crippen LogP contribution in [0.15, 0.2) is 22.7 Å². The van der Waals surface area contributed by atoms with E-state index in [1.807, 2.05) is 20.8 Å². The molecule has 94 valence electrons. The second-order valence-corrected chi connectivity index (χ2v) is 5.86. The number of ether oxygens (including phenoxy) is 1. The van der Waals surface area contributed by atoms with Crippen molar-refractivity contribution in [3.8, 4) is 0 Å². The van der Waals surface area contributed by atoms with Crippen LogP contribution in [0.3, 0.4) is 0 Å². The van der Waals surface area contributed by atoms with E-state index in [1.165, 1.54) is 0 Å². The number of nitrogens with one attached hydrogen (secondary N) is 1. The third kappa shape index (κ3) is 5.52. The zero-order valence-electron chi connectivity index (χ0n) is 10.0. The summed E-state index contributed by atoms with van der Waals surface area (Å²) in [5.74, 6) is -0.206. The topological polar surface area (TPSA) is 38.3 Å². The summed E-state index contributed by atoms with van der Waals surface area (Å²) < 4.78 is 6.16. The van der Waals surface area contributed by atoms with Crippen LogP contribution in [0.2, 0.25) is 5.02 Å². The zero-order chi connectivity index (χ0) is 13.1. The molecule has 1 N–H and O–H groups in total. The van der Waals surface area contributed by atoms with Gasteiger partial charge in [0.2, 0.25) is 5.91 Å². The summed E-state index contributed by atoms with van der Waals surface area (Å²) in [5, 5.41) is 3.30. The summed E-state index contributed by atoms with van der Waals surface area (Å²) in [4.78, 5) is 11.6. The minimum Gasteiger partial charge on any atom is -0.366 e. The van der Waals surface area contributed by atoms with Gasteiger partial charge in [0, 0.05) is 9.50 Å². The van der Waals surface area contributed by atoms with Gasteiger partial charge in [-0.05, 0) is 54.9 Å². The molecule has 17 heavy (non-hydrogen) atoms. The molecule has 0 atom stereocenters. The molecule has 0 radical (unpaired) electrons. The SMILES string of the molecule is CC(C)(C)OCC(=O)Nc1cc(Cl)ccc1Br. The maximum Gasteiger partial charge on any atom is 0.250 e. The third-order valence-electron chi connectivity index (χ3n) is 1.84. The van der Waals surface area contributed by atoms with Crippen molar-refractivity contribution >= 4 is 39.1 Å². The van der Waals surface area contributed by atoms with Crippen molar-refractivity contribution in [1.29, 1.82) is 0 Å². The lowest BCUT2D eigenvalue weighted by Gasteiger charge is -2.19. The van der Waals surface area contributed by atoms with Crippen LogP contribution in [-0.2, 0) is 9.53 Å². The molecule has 5 heteroatoms. The van der Waals surface area contributed by atoms with Gasteiger partial charge in [0.1, 0.15) is 6.61 Å². The number of anilines is 1. The summed E-state index contributed by atoms with van der Waals surface area (Å²) in [6, 6.07) is 5.20. The first-order valence-corrected chi connectivity index (χ1v) is 6.34. The first-order chi connectivity index (χ1) is 7.78. The monoisotopic (exact) mass is 319 g/mol. The van der Waals surface area contributed by atoms with Crippen LogP contribution in [0.4, 0.5) is 5.69 Å². The van der Waals surface area contributed by atoms with Crippen LogP contribution < -0.4 is 5.32 Å². The van der Waals surface area contributed by atoms with Crippen molar-refractivity contribution in [2.75, 3.05) is 11.9 Å². The molecule has 0 unspecified atom stereocenters. The van der Waals surface area contributed by atoms with Crippen molar-refractivity contribution in [2.24, 2.45) is 0 Å². The molecule has 0 aliphatic heterocycles. The molecule has 0 aliphatic carbocycles. The van der Waals surface area contributed by atoms with Gasteiger partial charge in [-0.15, -0.1) is 0 Å². The number of benzene rings is 1. The van der Waals surface area contributed by atoms with E-state index in [2.05, 4.69) is 21.2 Å². The second kappa shape index (κ2) is 5.85. The summed E-state index contributed by atoms with van der Waals surface area (Å²) in [7, 11) is 0. The van der Waals surface area contributed by atoms with Crippen LogP contribution >= 0.6 is 27.5 Å². The molecule has 0 heterocycles. The van der Waals surface area contributed by atoms with Gasteiger partial charge in [0.15, 0.2) is 0 Å². The lowest BCUT2D eigenvalue weighted by Crippen LogP contribution is -2.27. The summed E-state index contributed by atoms with van der Waals surface area (Å²) in [6.07, 6.45) is 0. The Morgan fingerprint density at radius 3 is 2.71 bits per heavy atom. The molecule has 0 saturated carbocycles. The average molecular weight is 321 g/mol. The number of hydrogen-bond donors (Lipinski definition) is 1. The first kappa shape index (κ1) is 14.5. The number of halogens is 2. The van der Waals surface area contributed by atoms with E-state index in [4.69, 9.17) is 16.3 Å². The Bertz CT molecular complexity index is 415. The van der Waals surface area contributed by atoms with E-state index in [9.17, 15) is 4.79 Å². The van der Waals surface area contributed by atoms with Crippen LogP contribution in [0.25, 0.3) is 0 Å². The number of carbonyl (C=O) groups excluding carboxylic acids is 1. The summed E-state index contributed by atoms with van der Waals surface area (Å²) >= 11 is 9.18. The average Bonchev–Trinajstić information content (AvgIpc) is 2.20. The van der Waals surface area contributed by atoms with Crippen LogP contribution in [0.5, 0.6) is 0 Å². The first-order valence-electron chi connectivity index (χ1n) is 5.17. The van der Waals surface area contributed by atoms with Crippen molar-refractivity contribution in [1.82, 2.24) is 0 Å². The Hall–Kier alpha value is -0.580. The van der Waals surface area contributed by atoms with Gasteiger partial charge in [-0.25, -0.2) is 0 Å². The van der Waals surface area contributed by atoms with Crippen molar-refractivity contribution < 1.29 is 9.53 Å². The smallest absolute Gasteiger partial charge is 0.250 e. The number of carbonyl (C=O) groups is 1. The molecule has 0 fully saturated rings. The normalized spacial score (nSPS) is 11.4. The van der Waals surface area contributed by atoms with Crippen molar-refractivity contribution in [2.45, 2.75) is 26.4 Å².